The molecular weight excluding hydrogens is 292 g/mol. The Bertz CT molecular complexity index is 777. The van der Waals surface area contributed by atoms with Crippen molar-refractivity contribution in [1.29, 1.82) is 0 Å². The molecule has 4 nitrogen and oxygen atoms in total. The Labute approximate surface area is 135 Å². The fourth-order valence-corrected chi connectivity index (χ4v) is 2.73. The minimum absolute atomic E-state index is 0.262. The van der Waals surface area contributed by atoms with Crippen molar-refractivity contribution >= 4 is 11.9 Å². The summed E-state index contributed by atoms with van der Waals surface area (Å²) in [6.07, 6.45) is 1.19. The largest absolute Gasteiger partial charge is 0.423 e. The molecule has 2 aromatic rings. The average molecular weight is 310 g/mol. The first-order chi connectivity index (χ1) is 11.1. The van der Waals surface area contributed by atoms with Crippen LogP contribution in [0.5, 0.6) is 11.5 Å². The van der Waals surface area contributed by atoms with Gasteiger partial charge in [0.1, 0.15) is 0 Å². The molecule has 0 saturated heterocycles. The number of ether oxygens (including phenoxy) is 2. The molecule has 1 aliphatic rings. The minimum Gasteiger partial charge on any atom is -0.423 e. The topological polar surface area (TPSA) is 52.6 Å². The van der Waals surface area contributed by atoms with E-state index in [4.69, 9.17) is 9.47 Å². The van der Waals surface area contributed by atoms with Crippen molar-refractivity contribution in [2.75, 3.05) is 0 Å². The lowest BCUT2D eigenvalue weighted by atomic mass is 10.1. The summed E-state index contributed by atoms with van der Waals surface area (Å²) in [7, 11) is 0. The van der Waals surface area contributed by atoms with Crippen LogP contribution >= 0.6 is 0 Å². The van der Waals surface area contributed by atoms with E-state index in [0.29, 0.717) is 17.9 Å². The predicted molar refractivity (Wildman–Crippen MR) is 86.5 cm³/mol. The van der Waals surface area contributed by atoms with E-state index in [2.05, 4.69) is 6.07 Å². The van der Waals surface area contributed by atoms with Crippen molar-refractivity contribution in [3.63, 3.8) is 0 Å². The minimum atomic E-state index is -0.353. The van der Waals surface area contributed by atoms with Crippen LogP contribution in [0.3, 0.4) is 0 Å². The van der Waals surface area contributed by atoms with Gasteiger partial charge in [-0.1, -0.05) is 44.2 Å². The summed E-state index contributed by atoms with van der Waals surface area (Å²) in [5.74, 6) is -0.0185. The molecule has 3 rings (SSSR count). The lowest BCUT2D eigenvalue weighted by molar-refractivity contribution is -0.136. The highest BCUT2D eigenvalue weighted by Gasteiger charge is 2.26. The molecule has 0 aromatic heterocycles. The fraction of sp³-hybridized carbons (Fsp3) is 0.263. The SMILES string of the molecule is CCC(=O)Oc1ccc2c(c1OC(=O)CC)Cc1ccccc1-2. The summed E-state index contributed by atoms with van der Waals surface area (Å²) in [4.78, 5) is 23.4. The Morgan fingerprint density at radius 2 is 1.61 bits per heavy atom. The summed E-state index contributed by atoms with van der Waals surface area (Å²) in [5.41, 5.74) is 4.23. The molecule has 0 radical (unpaired) electrons. The van der Waals surface area contributed by atoms with Gasteiger partial charge in [-0.15, -0.1) is 0 Å². The molecule has 2 aromatic carbocycles. The van der Waals surface area contributed by atoms with Crippen LogP contribution in [0.25, 0.3) is 11.1 Å². The lowest BCUT2D eigenvalue weighted by Gasteiger charge is -2.14. The Kier molecular flexibility index (Phi) is 4.15. The highest BCUT2D eigenvalue weighted by atomic mass is 16.6. The first-order valence-electron chi connectivity index (χ1n) is 7.79. The molecule has 0 spiro atoms. The fourth-order valence-electron chi connectivity index (χ4n) is 2.73. The van der Waals surface area contributed by atoms with E-state index in [1.165, 1.54) is 5.56 Å². The van der Waals surface area contributed by atoms with Crippen molar-refractivity contribution in [2.45, 2.75) is 33.1 Å². The second kappa shape index (κ2) is 6.24. The first-order valence-corrected chi connectivity index (χ1v) is 7.79. The van der Waals surface area contributed by atoms with Gasteiger partial charge >= 0.3 is 11.9 Å². The standard InChI is InChI=1S/C19H18O4/c1-3-17(20)22-16-10-9-14-13-8-6-5-7-12(13)11-15(14)19(16)23-18(21)4-2/h5-10H,3-4,11H2,1-2H3. The van der Waals surface area contributed by atoms with Gasteiger partial charge in [0.2, 0.25) is 0 Å². The van der Waals surface area contributed by atoms with Crippen molar-refractivity contribution in [3.05, 3.63) is 47.5 Å². The van der Waals surface area contributed by atoms with Gasteiger partial charge in [-0.3, -0.25) is 9.59 Å². The molecule has 4 heteroatoms. The maximum atomic E-state index is 11.8. The normalized spacial score (nSPS) is 11.6. The highest BCUT2D eigenvalue weighted by Crippen LogP contribution is 2.45. The van der Waals surface area contributed by atoms with Crippen molar-refractivity contribution < 1.29 is 19.1 Å². The monoisotopic (exact) mass is 310 g/mol. The van der Waals surface area contributed by atoms with E-state index in [9.17, 15) is 9.59 Å². The summed E-state index contributed by atoms with van der Waals surface area (Å²) < 4.78 is 10.8. The van der Waals surface area contributed by atoms with Crippen LogP contribution in [0.15, 0.2) is 36.4 Å². The van der Waals surface area contributed by atoms with Gasteiger partial charge in [0, 0.05) is 24.8 Å². The molecule has 0 heterocycles. The van der Waals surface area contributed by atoms with E-state index in [1.54, 1.807) is 19.9 Å². The van der Waals surface area contributed by atoms with Crippen LogP contribution in [0.4, 0.5) is 0 Å². The maximum absolute atomic E-state index is 11.8. The zero-order valence-corrected chi connectivity index (χ0v) is 13.2. The zero-order chi connectivity index (χ0) is 16.4. The number of fused-ring (bicyclic) bond motifs is 3. The number of carbonyl (C=O) groups is 2. The molecular formula is C19H18O4. The number of esters is 2. The molecule has 0 saturated carbocycles. The van der Waals surface area contributed by atoms with Crippen LogP contribution in [-0.2, 0) is 16.0 Å². The van der Waals surface area contributed by atoms with Gasteiger partial charge in [-0.25, -0.2) is 0 Å². The summed E-state index contributed by atoms with van der Waals surface area (Å²) >= 11 is 0. The van der Waals surface area contributed by atoms with Crippen molar-refractivity contribution in [3.8, 4) is 22.6 Å². The van der Waals surface area contributed by atoms with E-state index >= 15 is 0 Å². The van der Waals surface area contributed by atoms with Crippen LogP contribution in [0.1, 0.15) is 37.8 Å². The maximum Gasteiger partial charge on any atom is 0.311 e. The number of hydrogen-bond acceptors (Lipinski definition) is 4. The molecule has 23 heavy (non-hydrogen) atoms. The summed E-state index contributed by atoms with van der Waals surface area (Å²) in [6.45, 7) is 3.46. The number of rotatable bonds is 4. The quantitative estimate of drug-likeness (QED) is 0.542. The van der Waals surface area contributed by atoms with Crippen LogP contribution in [0.2, 0.25) is 0 Å². The molecule has 118 valence electrons. The van der Waals surface area contributed by atoms with Gasteiger partial charge in [-0.2, -0.15) is 0 Å². The third-order valence-electron chi connectivity index (χ3n) is 3.92. The molecule has 0 N–H and O–H groups in total. The van der Waals surface area contributed by atoms with E-state index in [1.807, 2.05) is 24.3 Å². The Balaban J connectivity index is 2.08. The molecule has 0 fully saturated rings. The van der Waals surface area contributed by atoms with E-state index in [-0.39, 0.29) is 24.8 Å². The Hall–Kier alpha value is -2.62. The molecule has 0 unspecified atom stereocenters. The van der Waals surface area contributed by atoms with Crippen LogP contribution in [0, 0.1) is 0 Å². The van der Waals surface area contributed by atoms with Gasteiger partial charge in [-0.05, 0) is 22.8 Å². The first kappa shape index (κ1) is 15.3. The lowest BCUT2D eigenvalue weighted by Crippen LogP contribution is -2.12. The van der Waals surface area contributed by atoms with Gasteiger partial charge in [0.15, 0.2) is 11.5 Å². The molecule has 1 aliphatic carbocycles. The Morgan fingerprint density at radius 3 is 2.35 bits per heavy atom. The summed E-state index contributed by atoms with van der Waals surface area (Å²) in [5, 5.41) is 0. The van der Waals surface area contributed by atoms with Crippen LogP contribution < -0.4 is 9.47 Å². The molecule has 0 amide bonds. The van der Waals surface area contributed by atoms with Crippen molar-refractivity contribution in [2.24, 2.45) is 0 Å². The molecule has 0 atom stereocenters. The Morgan fingerprint density at radius 1 is 0.913 bits per heavy atom. The third-order valence-corrected chi connectivity index (χ3v) is 3.92. The van der Waals surface area contributed by atoms with Gasteiger partial charge in [0.25, 0.3) is 0 Å². The van der Waals surface area contributed by atoms with E-state index in [0.717, 1.165) is 16.7 Å². The van der Waals surface area contributed by atoms with Gasteiger partial charge in [0.05, 0.1) is 0 Å². The molecule has 0 bridgehead atoms. The summed E-state index contributed by atoms with van der Waals surface area (Å²) in [6, 6.07) is 11.7. The van der Waals surface area contributed by atoms with Crippen molar-refractivity contribution in [1.82, 2.24) is 0 Å². The third kappa shape index (κ3) is 2.84. The second-order valence-electron chi connectivity index (χ2n) is 5.41. The van der Waals surface area contributed by atoms with Gasteiger partial charge < -0.3 is 9.47 Å². The molecule has 0 aliphatic heterocycles. The smallest absolute Gasteiger partial charge is 0.311 e. The number of carbonyl (C=O) groups excluding carboxylic acids is 2. The number of hydrogen-bond donors (Lipinski definition) is 0. The number of benzene rings is 2. The van der Waals surface area contributed by atoms with Crippen LogP contribution in [-0.4, -0.2) is 11.9 Å². The predicted octanol–water partition coefficient (Wildman–Crippen LogP) is 3.89. The average Bonchev–Trinajstić information content (AvgIpc) is 2.95. The highest BCUT2D eigenvalue weighted by molar-refractivity contribution is 5.84. The second-order valence-corrected chi connectivity index (χ2v) is 5.41. The van der Waals surface area contributed by atoms with E-state index < -0.39 is 0 Å². The zero-order valence-electron chi connectivity index (χ0n) is 13.2.